The van der Waals surface area contributed by atoms with Crippen molar-refractivity contribution in [1.29, 1.82) is 0 Å². The highest BCUT2D eigenvalue weighted by Crippen LogP contribution is 2.29. The monoisotopic (exact) mass is 422 g/mol. The second-order valence-corrected chi connectivity index (χ2v) is 6.48. The molecule has 1 N–H and O–H groups in total. The Kier molecular flexibility index (Phi) is 7.99. The predicted molar refractivity (Wildman–Crippen MR) is 117 cm³/mol. The summed E-state index contributed by atoms with van der Waals surface area (Å²) in [6, 6.07) is 20.5. The van der Waals surface area contributed by atoms with Gasteiger partial charge in [-0.15, -0.1) is 0 Å². The lowest BCUT2D eigenvalue weighted by Gasteiger charge is -2.12. The summed E-state index contributed by atoms with van der Waals surface area (Å²) in [4.78, 5) is 16.9. The van der Waals surface area contributed by atoms with Gasteiger partial charge in [-0.3, -0.25) is 4.79 Å². The molecule has 0 bridgehead atoms. The third-order valence-electron chi connectivity index (χ3n) is 4.10. The summed E-state index contributed by atoms with van der Waals surface area (Å²) in [5, 5.41) is 6.55. The van der Waals surface area contributed by atoms with Gasteiger partial charge in [-0.05, 0) is 55.0 Å². The van der Waals surface area contributed by atoms with E-state index in [1.807, 2.05) is 25.1 Å². The SMILES string of the molecule is CCOc1cc(/C=N/OCC(=O)Nc2ccccc2)ccc1OCc1ccc(F)cc1. The number of carbonyl (C=O) groups excluding carboxylic acids is 1. The van der Waals surface area contributed by atoms with Gasteiger partial charge in [0, 0.05) is 11.3 Å². The van der Waals surface area contributed by atoms with Gasteiger partial charge >= 0.3 is 0 Å². The molecule has 0 aliphatic rings. The molecule has 0 radical (unpaired) electrons. The van der Waals surface area contributed by atoms with Crippen LogP contribution in [0.15, 0.2) is 78.0 Å². The van der Waals surface area contributed by atoms with Gasteiger partial charge in [0.1, 0.15) is 12.4 Å². The molecule has 3 rings (SSSR count). The minimum absolute atomic E-state index is 0.206. The number of rotatable bonds is 10. The van der Waals surface area contributed by atoms with Gasteiger partial charge in [-0.25, -0.2) is 4.39 Å². The van der Waals surface area contributed by atoms with Gasteiger partial charge in [0.05, 0.1) is 12.8 Å². The van der Waals surface area contributed by atoms with E-state index < -0.39 is 0 Å². The van der Waals surface area contributed by atoms with E-state index in [1.165, 1.54) is 18.3 Å². The minimum Gasteiger partial charge on any atom is -0.490 e. The number of para-hydroxylation sites is 1. The van der Waals surface area contributed by atoms with E-state index in [4.69, 9.17) is 14.3 Å². The Hall–Kier alpha value is -3.87. The number of ether oxygens (including phenoxy) is 2. The maximum Gasteiger partial charge on any atom is 0.265 e. The van der Waals surface area contributed by atoms with E-state index in [1.54, 1.807) is 42.5 Å². The van der Waals surface area contributed by atoms with Crippen LogP contribution >= 0.6 is 0 Å². The van der Waals surface area contributed by atoms with Crippen LogP contribution in [0.5, 0.6) is 11.5 Å². The second kappa shape index (κ2) is 11.3. The summed E-state index contributed by atoms with van der Waals surface area (Å²) in [7, 11) is 0. The van der Waals surface area contributed by atoms with Crippen molar-refractivity contribution < 1.29 is 23.5 Å². The number of oxime groups is 1. The van der Waals surface area contributed by atoms with E-state index in [0.717, 1.165) is 11.1 Å². The number of carbonyl (C=O) groups is 1. The van der Waals surface area contributed by atoms with E-state index in [2.05, 4.69) is 10.5 Å². The summed E-state index contributed by atoms with van der Waals surface area (Å²) in [5.41, 5.74) is 2.26. The molecule has 0 saturated carbocycles. The number of hydrogen-bond donors (Lipinski definition) is 1. The lowest BCUT2D eigenvalue weighted by atomic mass is 10.2. The molecule has 3 aromatic carbocycles. The van der Waals surface area contributed by atoms with Crippen molar-refractivity contribution in [2.75, 3.05) is 18.5 Å². The van der Waals surface area contributed by atoms with Crippen molar-refractivity contribution in [1.82, 2.24) is 0 Å². The maximum atomic E-state index is 13.0. The van der Waals surface area contributed by atoms with Gasteiger partial charge in [0.2, 0.25) is 0 Å². The molecule has 0 spiro atoms. The van der Waals surface area contributed by atoms with Crippen LogP contribution in [0.25, 0.3) is 0 Å². The summed E-state index contributed by atoms with van der Waals surface area (Å²) >= 11 is 0. The number of nitrogens with one attached hydrogen (secondary N) is 1. The molecule has 6 nitrogen and oxygen atoms in total. The Morgan fingerprint density at radius 3 is 2.52 bits per heavy atom. The number of anilines is 1. The van der Waals surface area contributed by atoms with E-state index in [9.17, 15) is 9.18 Å². The highest BCUT2D eigenvalue weighted by Gasteiger charge is 2.07. The average Bonchev–Trinajstić information content (AvgIpc) is 2.78. The van der Waals surface area contributed by atoms with Crippen LogP contribution < -0.4 is 14.8 Å². The van der Waals surface area contributed by atoms with Crippen molar-refractivity contribution in [2.24, 2.45) is 5.16 Å². The van der Waals surface area contributed by atoms with E-state index in [-0.39, 0.29) is 24.9 Å². The van der Waals surface area contributed by atoms with Crippen LogP contribution in [0.1, 0.15) is 18.1 Å². The van der Waals surface area contributed by atoms with E-state index >= 15 is 0 Å². The van der Waals surface area contributed by atoms with Crippen molar-refractivity contribution in [3.05, 3.63) is 89.7 Å². The first kappa shape index (κ1) is 21.8. The largest absolute Gasteiger partial charge is 0.490 e. The molecule has 31 heavy (non-hydrogen) atoms. The van der Waals surface area contributed by atoms with Gasteiger partial charge in [0.15, 0.2) is 18.1 Å². The first-order valence-electron chi connectivity index (χ1n) is 9.78. The molecule has 0 aliphatic heterocycles. The zero-order chi connectivity index (χ0) is 21.9. The Morgan fingerprint density at radius 2 is 1.77 bits per heavy atom. The van der Waals surface area contributed by atoms with Gasteiger partial charge in [-0.2, -0.15) is 0 Å². The Bertz CT molecular complexity index is 1010. The van der Waals surface area contributed by atoms with Crippen molar-refractivity contribution in [3.8, 4) is 11.5 Å². The van der Waals surface area contributed by atoms with Crippen LogP contribution in [0.4, 0.5) is 10.1 Å². The maximum absolute atomic E-state index is 13.0. The molecule has 0 unspecified atom stereocenters. The van der Waals surface area contributed by atoms with Crippen molar-refractivity contribution >= 4 is 17.8 Å². The molecule has 0 aliphatic carbocycles. The summed E-state index contributed by atoms with van der Waals surface area (Å²) in [5.74, 6) is 0.520. The fraction of sp³-hybridized carbons (Fsp3) is 0.167. The van der Waals surface area contributed by atoms with Crippen LogP contribution in [0, 0.1) is 5.82 Å². The number of nitrogens with zero attached hydrogens (tertiary/aromatic N) is 1. The predicted octanol–water partition coefficient (Wildman–Crippen LogP) is 4.79. The normalized spacial score (nSPS) is 10.6. The topological polar surface area (TPSA) is 69.2 Å². The molecular weight excluding hydrogens is 399 g/mol. The van der Waals surface area contributed by atoms with Crippen LogP contribution in [-0.4, -0.2) is 25.3 Å². The summed E-state index contributed by atoms with van der Waals surface area (Å²) in [6.45, 7) is 2.42. The highest BCUT2D eigenvalue weighted by atomic mass is 19.1. The molecule has 1 amide bonds. The third kappa shape index (κ3) is 7.15. The molecule has 0 atom stereocenters. The summed E-state index contributed by atoms with van der Waals surface area (Å²) in [6.07, 6.45) is 1.49. The molecular formula is C24H23FN2O4. The summed E-state index contributed by atoms with van der Waals surface area (Å²) < 4.78 is 24.5. The quantitative estimate of drug-likeness (QED) is 0.377. The number of benzene rings is 3. The molecule has 160 valence electrons. The molecule has 0 heterocycles. The fourth-order valence-electron chi connectivity index (χ4n) is 2.65. The number of amides is 1. The Morgan fingerprint density at radius 1 is 1.00 bits per heavy atom. The third-order valence-corrected chi connectivity index (χ3v) is 4.10. The van der Waals surface area contributed by atoms with Crippen molar-refractivity contribution in [2.45, 2.75) is 13.5 Å². The highest BCUT2D eigenvalue weighted by molar-refractivity contribution is 5.91. The Labute approximate surface area is 180 Å². The minimum atomic E-state index is -0.303. The van der Waals surface area contributed by atoms with Crippen molar-refractivity contribution in [3.63, 3.8) is 0 Å². The molecule has 0 fully saturated rings. The Balaban J connectivity index is 1.54. The van der Waals surface area contributed by atoms with Gasteiger partial charge in [-0.1, -0.05) is 35.5 Å². The second-order valence-electron chi connectivity index (χ2n) is 6.48. The fourth-order valence-corrected chi connectivity index (χ4v) is 2.65. The molecule has 0 saturated heterocycles. The molecule has 0 aromatic heterocycles. The number of hydrogen-bond acceptors (Lipinski definition) is 5. The average molecular weight is 422 g/mol. The molecule has 7 heteroatoms. The smallest absolute Gasteiger partial charge is 0.265 e. The first-order chi connectivity index (χ1) is 15.1. The zero-order valence-corrected chi connectivity index (χ0v) is 17.1. The number of halogens is 1. The van der Waals surface area contributed by atoms with Crippen LogP contribution in [0.2, 0.25) is 0 Å². The zero-order valence-electron chi connectivity index (χ0n) is 17.1. The van der Waals surface area contributed by atoms with Gasteiger partial charge < -0.3 is 19.6 Å². The first-order valence-corrected chi connectivity index (χ1v) is 9.78. The van der Waals surface area contributed by atoms with E-state index in [0.29, 0.717) is 23.8 Å². The van der Waals surface area contributed by atoms with Crippen LogP contribution in [-0.2, 0) is 16.2 Å². The lowest BCUT2D eigenvalue weighted by Crippen LogP contribution is -2.16. The lowest BCUT2D eigenvalue weighted by molar-refractivity contribution is -0.120. The standard InChI is InChI=1S/C24H23FN2O4/c1-2-29-23-14-19(10-13-22(23)30-16-18-8-11-20(25)12-9-18)15-26-31-17-24(28)27-21-6-4-3-5-7-21/h3-15H,2,16-17H2,1H3,(H,27,28)/b26-15+. The van der Waals surface area contributed by atoms with Crippen LogP contribution in [0.3, 0.4) is 0 Å². The molecule has 3 aromatic rings. The van der Waals surface area contributed by atoms with Gasteiger partial charge in [0.25, 0.3) is 5.91 Å².